The summed E-state index contributed by atoms with van der Waals surface area (Å²) in [5.41, 5.74) is 13.1. The molecule has 0 aliphatic rings. The minimum atomic E-state index is 1.11. The summed E-state index contributed by atoms with van der Waals surface area (Å²) in [7, 11) is 0. The Kier molecular flexibility index (Phi) is 8.28. The zero-order chi connectivity index (χ0) is 37.7. The predicted molar refractivity (Wildman–Crippen MR) is 249 cm³/mol. The van der Waals surface area contributed by atoms with Gasteiger partial charge < -0.3 is 4.90 Å². The third-order valence-corrected chi connectivity index (χ3v) is 13.5. The first-order chi connectivity index (χ1) is 28.2. The first-order valence-electron chi connectivity index (χ1n) is 19.3. The number of anilines is 3. The lowest BCUT2D eigenvalue weighted by Crippen LogP contribution is -2.10. The van der Waals surface area contributed by atoms with Gasteiger partial charge in [-0.2, -0.15) is 0 Å². The molecule has 11 rings (SSSR count). The quantitative estimate of drug-likeness (QED) is 0.156. The van der Waals surface area contributed by atoms with Gasteiger partial charge in [-0.05, 0) is 93.0 Å². The molecule has 9 aromatic carbocycles. The van der Waals surface area contributed by atoms with E-state index < -0.39 is 0 Å². The zero-order valence-electron chi connectivity index (χ0n) is 31.0. The Balaban J connectivity index is 1.12. The van der Waals surface area contributed by atoms with Crippen LogP contribution >= 0.6 is 22.7 Å². The van der Waals surface area contributed by atoms with Crippen LogP contribution < -0.4 is 4.90 Å². The van der Waals surface area contributed by atoms with Gasteiger partial charge in [0.1, 0.15) is 0 Å². The third-order valence-electron chi connectivity index (χ3n) is 11.1. The van der Waals surface area contributed by atoms with Crippen molar-refractivity contribution in [1.82, 2.24) is 0 Å². The number of rotatable bonds is 7. The first-order valence-corrected chi connectivity index (χ1v) is 21.0. The van der Waals surface area contributed by atoms with Crippen LogP contribution in [0, 0.1) is 0 Å². The molecule has 3 heteroatoms. The van der Waals surface area contributed by atoms with Crippen LogP contribution in [0.3, 0.4) is 0 Å². The minimum absolute atomic E-state index is 1.11. The van der Waals surface area contributed by atoms with E-state index in [1.54, 1.807) is 0 Å². The highest BCUT2D eigenvalue weighted by molar-refractivity contribution is 7.27. The number of nitrogens with zero attached hydrogens (tertiary/aromatic N) is 1. The number of fused-ring (bicyclic) bond motifs is 6. The van der Waals surface area contributed by atoms with Gasteiger partial charge in [-0.1, -0.05) is 164 Å². The highest BCUT2D eigenvalue weighted by Gasteiger charge is 2.21. The largest absolute Gasteiger partial charge is 0.309 e. The molecular formula is C54H35NS2. The lowest BCUT2D eigenvalue weighted by atomic mass is 9.97. The van der Waals surface area contributed by atoms with Crippen LogP contribution in [0.4, 0.5) is 17.1 Å². The molecule has 0 radical (unpaired) electrons. The average Bonchev–Trinajstić information content (AvgIpc) is 3.86. The molecule has 0 amide bonds. The SMILES string of the molecule is c1ccc(-c2cc(-c3ccccc3)cc(N(c3ccc(-c4ccc5c(c4)sc4ccccc45)cc3)c3cccc4c3sc3c(-c5ccccc5)cccc34)c2)cc1. The Morgan fingerprint density at radius 1 is 0.281 bits per heavy atom. The Labute approximate surface area is 340 Å². The maximum Gasteiger partial charge on any atom is 0.0640 e. The molecule has 11 aromatic rings. The summed E-state index contributed by atoms with van der Waals surface area (Å²) >= 11 is 3.76. The number of thiophene rings is 2. The topological polar surface area (TPSA) is 3.24 Å². The van der Waals surface area contributed by atoms with Crippen LogP contribution in [0.15, 0.2) is 212 Å². The molecule has 0 bridgehead atoms. The van der Waals surface area contributed by atoms with E-state index in [4.69, 9.17) is 0 Å². The van der Waals surface area contributed by atoms with E-state index in [9.17, 15) is 0 Å². The normalized spacial score (nSPS) is 11.5. The highest BCUT2D eigenvalue weighted by atomic mass is 32.1. The van der Waals surface area contributed by atoms with Crippen molar-refractivity contribution in [2.75, 3.05) is 4.90 Å². The van der Waals surface area contributed by atoms with Gasteiger partial charge in [0.2, 0.25) is 0 Å². The Hall–Kier alpha value is -6.78. The molecule has 57 heavy (non-hydrogen) atoms. The van der Waals surface area contributed by atoms with Crippen molar-refractivity contribution in [3.8, 4) is 44.5 Å². The van der Waals surface area contributed by atoms with Gasteiger partial charge in [-0.25, -0.2) is 0 Å². The summed E-state index contributed by atoms with van der Waals surface area (Å²) in [4.78, 5) is 2.47. The van der Waals surface area contributed by atoms with Crippen LogP contribution in [-0.4, -0.2) is 0 Å². The molecule has 268 valence electrons. The Morgan fingerprint density at radius 2 is 0.825 bits per heavy atom. The fourth-order valence-corrected chi connectivity index (χ4v) is 10.8. The van der Waals surface area contributed by atoms with Gasteiger partial charge >= 0.3 is 0 Å². The van der Waals surface area contributed by atoms with E-state index in [-0.39, 0.29) is 0 Å². The van der Waals surface area contributed by atoms with Crippen LogP contribution in [0.25, 0.3) is 84.9 Å². The number of benzene rings is 9. The van der Waals surface area contributed by atoms with E-state index >= 15 is 0 Å². The minimum Gasteiger partial charge on any atom is -0.309 e. The van der Waals surface area contributed by atoms with E-state index in [2.05, 4.69) is 217 Å². The number of hydrogen-bond donors (Lipinski definition) is 0. The van der Waals surface area contributed by atoms with Crippen molar-refractivity contribution in [3.05, 3.63) is 212 Å². The molecule has 0 saturated carbocycles. The van der Waals surface area contributed by atoms with Crippen molar-refractivity contribution < 1.29 is 0 Å². The van der Waals surface area contributed by atoms with Crippen molar-refractivity contribution in [2.45, 2.75) is 0 Å². The average molecular weight is 762 g/mol. The number of hydrogen-bond acceptors (Lipinski definition) is 3. The summed E-state index contributed by atoms with van der Waals surface area (Å²) in [5.74, 6) is 0. The van der Waals surface area contributed by atoms with E-state index in [0.29, 0.717) is 0 Å². The van der Waals surface area contributed by atoms with Crippen molar-refractivity contribution in [1.29, 1.82) is 0 Å². The van der Waals surface area contributed by atoms with Crippen molar-refractivity contribution in [2.24, 2.45) is 0 Å². The fraction of sp³-hybridized carbons (Fsp3) is 0. The lowest BCUT2D eigenvalue weighted by molar-refractivity contribution is 1.30. The highest BCUT2D eigenvalue weighted by Crippen LogP contribution is 2.48. The van der Waals surface area contributed by atoms with Crippen LogP contribution in [0.1, 0.15) is 0 Å². The molecular weight excluding hydrogens is 727 g/mol. The molecule has 0 saturated heterocycles. The maximum atomic E-state index is 2.47. The molecule has 0 aliphatic carbocycles. The first kappa shape index (κ1) is 33.5. The summed E-state index contributed by atoms with van der Waals surface area (Å²) in [6.07, 6.45) is 0. The molecule has 0 N–H and O–H groups in total. The maximum absolute atomic E-state index is 2.47. The Bertz CT molecular complexity index is 3160. The molecule has 0 fully saturated rings. The van der Waals surface area contributed by atoms with Gasteiger partial charge in [0, 0.05) is 47.0 Å². The molecule has 1 nitrogen and oxygen atoms in total. The third kappa shape index (κ3) is 6.00. The fourth-order valence-electron chi connectivity index (χ4n) is 8.30. The van der Waals surface area contributed by atoms with E-state index in [0.717, 1.165) is 17.1 Å². The van der Waals surface area contributed by atoms with Gasteiger partial charge in [0.15, 0.2) is 0 Å². The lowest BCUT2D eigenvalue weighted by Gasteiger charge is -2.27. The van der Waals surface area contributed by atoms with E-state index in [1.807, 2.05) is 22.7 Å². The molecule has 0 aliphatic heterocycles. The van der Waals surface area contributed by atoms with Crippen LogP contribution in [0.5, 0.6) is 0 Å². The van der Waals surface area contributed by atoms with Crippen LogP contribution in [0.2, 0.25) is 0 Å². The Morgan fingerprint density at radius 3 is 1.53 bits per heavy atom. The van der Waals surface area contributed by atoms with Crippen molar-refractivity contribution >= 4 is 80.1 Å². The summed E-state index contributed by atoms with van der Waals surface area (Å²) in [6.45, 7) is 0. The second kappa shape index (κ2) is 14.1. The van der Waals surface area contributed by atoms with Gasteiger partial charge in [0.05, 0.1) is 10.4 Å². The summed E-state index contributed by atoms with van der Waals surface area (Å²) in [5, 5.41) is 5.20. The smallest absolute Gasteiger partial charge is 0.0640 e. The van der Waals surface area contributed by atoms with E-state index in [1.165, 1.54) is 84.9 Å². The summed E-state index contributed by atoms with van der Waals surface area (Å²) in [6, 6.07) is 77.6. The molecule has 2 aromatic heterocycles. The predicted octanol–water partition coefficient (Wildman–Crippen LogP) is 16.6. The summed E-state index contributed by atoms with van der Waals surface area (Å²) < 4.78 is 5.22. The standard InChI is InChI=1S/C54H35NS2/c1-4-14-36(15-5-1)41-32-42(37-16-6-2-7-17-37)34-44(33-41)55(43-29-26-38(27-30-43)40-28-31-47-46-20-10-11-25-51(46)56-52(47)35-40)50-24-13-23-49-48-22-12-21-45(53(48)57-54(49)50)39-18-8-3-9-19-39/h1-35H. The zero-order valence-corrected chi connectivity index (χ0v) is 32.6. The molecule has 2 heterocycles. The van der Waals surface area contributed by atoms with Gasteiger partial charge in [-0.3, -0.25) is 0 Å². The molecule has 0 atom stereocenters. The van der Waals surface area contributed by atoms with Crippen LogP contribution in [-0.2, 0) is 0 Å². The van der Waals surface area contributed by atoms with Crippen molar-refractivity contribution in [3.63, 3.8) is 0 Å². The monoisotopic (exact) mass is 761 g/mol. The molecule has 0 spiro atoms. The second-order valence-corrected chi connectivity index (χ2v) is 16.6. The van der Waals surface area contributed by atoms with Gasteiger partial charge in [-0.15, -0.1) is 22.7 Å². The second-order valence-electron chi connectivity index (χ2n) is 14.5. The van der Waals surface area contributed by atoms with Gasteiger partial charge in [0.25, 0.3) is 0 Å². The molecule has 0 unspecified atom stereocenters.